The number of benzene rings is 1. The van der Waals surface area contributed by atoms with E-state index in [4.69, 9.17) is 9.84 Å². The lowest BCUT2D eigenvalue weighted by Gasteiger charge is -2.16. The van der Waals surface area contributed by atoms with Crippen LogP contribution in [0.25, 0.3) is 0 Å². The molecule has 0 aromatic heterocycles. The highest BCUT2D eigenvalue weighted by Gasteiger charge is 2.18. The predicted octanol–water partition coefficient (Wildman–Crippen LogP) is 1.11. The van der Waals surface area contributed by atoms with Crippen LogP contribution >= 0.6 is 0 Å². The van der Waals surface area contributed by atoms with Crippen LogP contribution in [0, 0.1) is 6.92 Å². The smallest absolute Gasteiger partial charge is 0.304 e. The van der Waals surface area contributed by atoms with Crippen molar-refractivity contribution in [3.8, 4) is 5.75 Å². The van der Waals surface area contributed by atoms with Crippen molar-refractivity contribution in [1.82, 2.24) is 4.31 Å². The third kappa shape index (κ3) is 5.58. The minimum absolute atomic E-state index is 0.176. The van der Waals surface area contributed by atoms with E-state index in [0.29, 0.717) is 5.75 Å². The third-order valence-electron chi connectivity index (χ3n) is 2.74. The van der Waals surface area contributed by atoms with Gasteiger partial charge in [0.05, 0.1) is 12.2 Å². The van der Waals surface area contributed by atoms with E-state index in [-0.39, 0.29) is 13.2 Å². The van der Waals surface area contributed by atoms with Gasteiger partial charge in [-0.3, -0.25) is 4.79 Å². The summed E-state index contributed by atoms with van der Waals surface area (Å²) in [5, 5.41) is 8.50. The van der Waals surface area contributed by atoms with Gasteiger partial charge in [-0.05, 0) is 19.1 Å². The zero-order valence-electron chi connectivity index (χ0n) is 11.6. The number of carboxylic acids is 1. The molecule has 1 aromatic rings. The van der Waals surface area contributed by atoms with Crippen LogP contribution in [-0.2, 0) is 14.8 Å². The second-order valence-electron chi connectivity index (χ2n) is 4.44. The summed E-state index contributed by atoms with van der Waals surface area (Å²) in [7, 11) is -2.13. The summed E-state index contributed by atoms with van der Waals surface area (Å²) in [6.45, 7) is 2.36. The Morgan fingerprint density at radius 3 is 2.45 bits per heavy atom. The Balaban J connectivity index is 2.40. The molecule has 0 fully saturated rings. The quantitative estimate of drug-likeness (QED) is 0.777. The number of rotatable bonds is 8. The number of carbonyl (C=O) groups is 1. The van der Waals surface area contributed by atoms with Gasteiger partial charge < -0.3 is 9.84 Å². The molecule has 0 unspecified atom stereocenters. The van der Waals surface area contributed by atoms with Crippen LogP contribution in [-0.4, -0.2) is 49.8 Å². The molecular weight excluding hydrogens is 282 g/mol. The fraction of sp³-hybridized carbons (Fsp3) is 0.462. The molecule has 0 radical (unpaired) electrons. The number of carboxylic acid groups (broad SMARTS) is 1. The van der Waals surface area contributed by atoms with Gasteiger partial charge in [0.25, 0.3) is 0 Å². The molecule has 112 valence electrons. The fourth-order valence-electron chi connectivity index (χ4n) is 1.44. The maximum absolute atomic E-state index is 11.7. The van der Waals surface area contributed by atoms with Crippen LogP contribution in [0.5, 0.6) is 5.75 Å². The molecule has 0 bridgehead atoms. The molecule has 0 aliphatic heterocycles. The highest BCUT2D eigenvalue weighted by atomic mass is 32.2. The SMILES string of the molecule is Cc1ccc(OCCN(C)S(=O)(=O)CCC(=O)O)cc1. The Labute approximate surface area is 119 Å². The van der Waals surface area contributed by atoms with E-state index in [1.165, 1.54) is 7.05 Å². The number of nitrogens with zero attached hydrogens (tertiary/aromatic N) is 1. The minimum atomic E-state index is -3.54. The van der Waals surface area contributed by atoms with Gasteiger partial charge in [0.2, 0.25) is 10.0 Å². The van der Waals surface area contributed by atoms with Gasteiger partial charge in [-0.15, -0.1) is 0 Å². The molecule has 1 rings (SSSR count). The van der Waals surface area contributed by atoms with Crippen molar-refractivity contribution in [3.63, 3.8) is 0 Å². The standard InChI is InChI=1S/C13H19NO5S/c1-11-3-5-12(6-4-11)19-9-8-14(2)20(17,18)10-7-13(15)16/h3-6H,7-10H2,1-2H3,(H,15,16). The highest BCUT2D eigenvalue weighted by Crippen LogP contribution is 2.11. The molecule has 0 aliphatic rings. The number of sulfonamides is 1. The molecule has 6 nitrogen and oxygen atoms in total. The first-order chi connectivity index (χ1) is 9.31. The molecule has 1 aromatic carbocycles. The molecule has 20 heavy (non-hydrogen) atoms. The Kier molecular flexibility index (Phi) is 5.97. The lowest BCUT2D eigenvalue weighted by molar-refractivity contribution is -0.136. The summed E-state index contributed by atoms with van der Waals surface area (Å²) in [6.07, 6.45) is -0.397. The Morgan fingerprint density at radius 2 is 1.90 bits per heavy atom. The van der Waals surface area contributed by atoms with E-state index >= 15 is 0 Å². The summed E-state index contributed by atoms with van der Waals surface area (Å²) >= 11 is 0. The Bertz CT molecular complexity index is 538. The Hall–Kier alpha value is -1.60. The normalized spacial score (nSPS) is 11.6. The first kappa shape index (κ1) is 16.5. The van der Waals surface area contributed by atoms with Crippen molar-refractivity contribution in [3.05, 3.63) is 29.8 Å². The zero-order valence-corrected chi connectivity index (χ0v) is 12.4. The Morgan fingerprint density at radius 1 is 1.30 bits per heavy atom. The van der Waals surface area contributed by atoms with Gasteiger partial charge in [-0.1, -0.05) is 17.7 Å². The van der Waals surface area contributed by atoms with E-state index in [1.807, 2.05) is 31.2 Å². The first-order valence-electron chi connectivity index (χ1n) is 6.16. The van der Waals surface area contributed by atoms with E-state index in [9.17, 15) is 13.2 Å². The van der Waals surface area contributed by atoms with Crippen molar-refractivity contribution in [2.24, 2.45) is 0 Å². The molecule has 0 atom stereocenters. The van der Waals surface area contributed by atoms with Gasteiger partial charge in [0, 0.05) is 13.6 Å². The average molecular weight is 301 g/mol. The lowest BCUT2D eigenvalue weighted by Crippen LogP contribution is -2.33. The van der Waals surface area contributed by atoms with Crippen LogP contribution in [0.4, 0.5) is 0 Å². The van der Waals surface area contributed by atoms with Crippen LogP contribution in [0.3, 0.4) is 0 Å². The largest absolute Gasteiger partial charge is 0.492 e. The summed E-state index contributed by atoms with van der Waals surface area (Å²) in [4.78, 5) is 10.4. The molecular formula is C13H19NO5S. The van der Waals surface area contributed by atoms with Crippen molar-refractivity contribution in [1.29, 1.82) is 0 Å². The molecule has 0 saturated carbocycles. The fourth-order valence-corrected chi connectivity index (χ4v) is 2.53. The molecule has 1 N–H and O–H groups in total. The van der Waals surface area contributed by atoms with Crippen molar-refractivity contribution >= 4 is 16.0 Å². The maximum Gasteiger partial charge on any atom is 0.304 e. The van der Waals surface area contributed by atoms with E-state index in [0.717, 1.165) is 9.87 Å². The van der Waals surface area contributed by atoms with Gasteiger partial charge in [-0.25, -0.2) is 12.7 Å². The number of likely N-dealkylation sites (N-methyl/N-ethyl adjacent to an activating group) is 1. The predicted molar refractivity (Wildman–Crippen MR) is 75.3 cm³/mol. The van der Waals surface area contributed by atoms with Crippen molar-refractivity contribution < 1.29 is 23.1 Å². The molecule has 0 saturated heterocycles. The van der Waals surface area contributed by atoms with Crippen molar-refractivity contribution in [2.45, 2.75) is 13.3 Å². The number of hydrogen-bond acceptors (Lipinski definition) is 4. The van der Waals surface area contributed by atoms with Crippen molar-refractivity contribution in [2.75, 3.05) is 26.0 Å². The molecule has 0 heterocycles. The van der Waals surface area contributed by atoms with E-state index < -0.39 is 28.2 Å². The summed E-state index contributed by atoms with van der Waals surface area (Å²) in [5.41, 5.74) is 1.12. The van der Waals surface area contributed by atoms with Gasteiger partial charge >= 0.3 is 5.97 Å². The monoisotopic (exact) mass is 301 g/mol. The van der Waals surface area contributed by atoms with Crippen LogP contribution in [0.15, 0.2) is 24.3 Å². The molecule has 0 amide bonds. The summed E-state index contributed by atoms with van der Waals surface area (Å²) in [6, 6.07) is 7.44. The number of aliphatic carboxylic acids is 1. The molecule has 7 heteroatoms. The summed E-state index contributed by atoms with van der Waals surface area (Å²) < 4.78 is 30.0. The number of hydrogen-bond donors (Lipinski definition) is 1. The lowest BCUT2D eigenvalue weighted by atomic mass is 10.2. The number of ether oxygens (including phenoxy) is 1. The topological polar surface area (TPSA) is 83.9 Å². The summed E-state index contributed by atoms with van der Waals surface area (Å²) in [5.74, 6) is -0.853. The van der Waals surface area contributed by atoms with Gasteiger partial charge in [0.1, 0.15) is 12.4 Å². The second-order valence-corrected chi connectivity index (χ2v) is 6.64. The first-order valence-corrected chi connectivity index (χ1v) is 7.77. The van der Waals surface area contributed by atoms with Gasteiger partial charge in [0.15, 0.2) is 0 Å². The van der Waals surface area contributed by atoms with Crippen LogP contribution < -0.4 is 4.74 Å². The number of aryl methyl sites for hydroxylation is 1. The zero-order chi connectivity index (χ0) is 15.2. The third-order valence-corrected chi connectivity index (χ3v) is 4.60. The van der Waals surface area contributed by atoms with E-state index in [2.05, 4.69) is 0 Å². The van der Waals surface area contributed by atoms with E-state index in [1.54, 1.807) is 0 Å². The molecule has 0 aliphatic carbocycles. The minimum Gasteiger partial charge on any atom is -0.492 e. The average Bonchev–Trinajstić information content (AvgIpc) is 2.38. The second kappa shape index (κ2) is 7.25. The molecule has 0 spiro atoms. The van der Waals surface area contributed by atoms with Gasteiger partial charge in [-0.2, -0.15) is 0 Å². The van der Waals surface area contributed by atoms with Crippen LogP contribution in [0.1, 0.15) is 12.0 Å². The maximum atomic E-state index is 11.7. The highest BCUT2D eigenvalue weighted by molar-refractivity contribution is 7.89. The van der Waals surface area contributed by atoms with Crippen LogP contribution in [0.2, 0.25) is 0 Å².